The van der Waals surface area contributed by atoms with Crippen LogP contribution < -0.4 is 5.32 Å². The fourth-order valence-corrected chi connectivity index (χ4v) is 4.51. The van der Waals surface area contributed by atoms with E-state index < -0.39 is 23.3 Å². The Labute approximate surface area is 138 Å². The lowest BCUT2D eigenvalue weighted by Crippen LogP contribution is -2.54. The van der Waals surface area contributed by atoms with E-state index in [1.807, 2.05) is 17.5 Å². The molecule has 2 saturated heterocycles. The van der Waals surface area contributed by atoms with Gasteiger partial charge in [0.25, 0.3) is 0 Å². The molecule has 1 aromatic rings. The van der Waals surface area contributed by atoms with Gasteiger partial charge < -0.3 is 4.74 Å². The lowest BCUT2D eigenvalue weighted by Gasteiger charge is -2.28. The number of nitrogens with one attached hydrogen (secondary N) is 1. The summed E-state index contributed by atoms with van der Waals surface area (Å²) in [7, 11) is 0. The van der Waals surface area contributed by atoms with Crippen LogP contribution in [-0.4, -0.2) is 41.4 Å². The van der Waals surface area contributed by atoms with Crippen molar-refractivity contribution in [1.82, 2.24) is 10.2 Å². The Hall–Kier alpha value is -1.73. The Morgan fingerprint density at radius 2 is 2.13 bits per heavy atom. The van der Waals surface area contributed by atoms with Crippen LogP contribution >= 0.6 is 11.3 Å². The number of carbonyl (C=O) groups is 3. The highest BCUT2D eigenvalue weighted by Crippen LogP contribution is 2.49. The SMILES string of the molecule is CCOC(=O)[C@]1(C)N[C@H](c2cccs2)[C@@H]2C(=O)N(CC)C(=O)[C@@H]21. The number of fused-ring (bicyclic) bond motifs is 1. The van der Waals surface area contributed by atoms with Crippen LogP contribution in [0.4, 0.5) is 0 Å². The zero-order chi connectivity index (χ0) is 16.8. The van der Waals surface area contributed by atoms with Crippen LogP contribution in [0.2, 0.25) is 0 Å². The van der Waals surface area contributed by atoms with Gasteiger partial charge in [0.1, 0.15) is 5.54 Å². The highest BCUT2D eigenvalue weighted by atomic mass is 32.1. The summed E-state index contributed by atoms with van der Waals surface area (Å²) < 4.78 is 5.18. The average molecular weight is 336 g/mol. The van der Waals surface area contributed by atoms with Crippen LogP contribution in [0.15, 0.2) is 17.5 Å². The van der Waals surface area contributed by atoms with Crippen molar-refractivity contribution in [2.24, 2.45) is 11.8 Å². The summed E-state index contributed by atoms with van der Waals surface area (Å²) in [5.74, 6) is -2.25. The van der Waals surface area contributed by atoms with Gasteiger partial charge in [-0.2, -0.15) is 0 Å². The van der Waals surface area contributed by atoms with E-state index in [1.54, 1.807) is 20.8 Å². The molecule has 0 unspecified atom stereocenters. The third-order valence-corrected chi connectivity index (χ3v) is 5.70. The molecule has 0 spiro atoms. The normalized spacial score (nSPS) is 33.2. The van der Waals surface area contributed by atoms with Gasteiger partial charge in [-0.3, -0.25) is 24.6 Å². The number of rotatable bonds is 4. The Morgan fingerprint density at radius 1 is 1.39 bits per heavy atom. The van der Waals surface area contributed by atoms with E-state index in [0.29, 0.717) is 6.54 Å². The van der Waals surface area contributed by atoms with Crippen LogP contribution in [-0.2, 0) is 19.1 Å². The first kappa shape index (κ1) is 16.1. The van der Waals surface area contributed by atoms with Crippen LogP contribution in [0.1, 0.15) is 31.7 Å². The lowest BCUT2D eigenvalue weighted by molar-refractivity contribution is -0.155. The molecule has 3 heterocycles. The molecule has 0 aromatic carbocycles. The number of likely N-dealkylation sites (tertiary alicyclic amines) is 1. The molecular formula is C16H20N2O4S. The maximum absolute atomic E-state index is 12.7. The quantitative estimate of drug-likeness (QED) is 0.663. The first-order valence-electron chi connectivity index (χ1n) is 7.79. The molecule has 1 aromatic heterocycles. The van der Waals surface area contributed by atoms with Gasteiger partial charge in [0.05, 0.1) is 24.5 Å². The summed E-state index contributed by atoms with van der Waals surface area (Å²) >= 11 is 1.51. The smallest absolute Gasteiger partial charge is 0.326 e. The second kappa shape index (κ2) is 5.72. The van der Waals surface area contributed by atoms with Crippen molar-refractivity contribution in [3.63, 3.8) is 0 Å². The third-order valence-electron chi connectivity index (χ3n) is 4.74. The molecule has 0 aliphatic carbocycles. The van der Waals surface area contributed by atoms with Crippen molar-refractivity contribution in [3.05, 3.63) is 22.4 Å². The molecule has 2 fully saturated rings. The number of carbonyl (C=O) groups excluding carboxylic acids is 3. The predicted octanol–water partition coefficient (Wildman–Crippen LogP) is 1.34. The second-order valence-corrected chi connectivity index (χ2v) is 6.96. The standard InChI is InChI=1S/C16H20N2O4S/c1-4-18-13(19)10-11(14(18)20)16(3,15(21)22-5-2)17-12(10)9-7-6-8-23-9/h6-8,10-12,17H,4-5H2,1-3H3/t10-,11-,12-,16-/m1/s1. The van der Waals surface area contributed by atoms with Gasteiger partial charge >= 0.3 is 5.97 Å². The zero-order valence-electron chi connectivity index (χ0n) is 13.4. The number of esters is 1. The molecule has 2 aliphatic heterocycles. The summed E-state index contributed by atoms with van der Waals surface area (Å²) in [5.41, 5.74) is -1.19. The number of hydrogen-bond acceptors (Lipinski definition) is 6. The molecule has 1 N–H and O–H groups in total. The van der Waals surface area contributed by atoms with Gasteiger partial charge in [0, 0.05) is 11.4 Å². The van der Waals surface area contributed by atoms with E-state index in [4.69, 9.17) is 4.74 Å². The van der Waals surface area contributed by atoms with Gasteiger partial charge in [0.15, 0.2) is 0 Å². The minimum absolute atomic E-state index is 0.207. The Kier molecular flexibility index (Phi) is 4.01. The number of imide groups is 1. The minimum atomic E-state index is -1.19. The summed E-state index contributed by atoms with van der Waals surface area (Å²) in [4.78, 5) is 40.2. The van der Waals surface area contributed by atoms with Crippen molar-refractivity contribution < 1.29 is 19.1 Å². The van der Waals surface area contributed by atoms with E-state index in [2.05, 4.69) is 5.32 Å². The van der Waals surface area contributed by atoms with Crippen LogP contribution in [0.5, 0.6) is 0 Å². The summed E-state index contributed by atoms with van der Waals surface area (Å²) in [6.45, 7) is 5.72. The lowest BCUT2D eigenvalue weighted by atomic mass is 9.81. The van der Waals surface area contributed by atoms with Crippen molar-refractivity contribution in [3.8, 4) is 0 Å². The Morgan fingerprint density at radius 3 is 2.70 bits per heavy atom. The van der Waals surface area contributed by atoms with E-state index in [0.717, 1.165) is 4.88 Å². The molecule has 3 rings (SSSR count). The number of hydrogen-bond donors (Lipinski definition) is 1. The van der Waals surface area contributed by atoms with Gasteiger partial charge in [-0.1, -0.05) is 6.07 Å². The fraction of sp³-hybridized carbons (Fsp3) is 0.562. The summed E-state index contributed by atoms with van der Waals surface area (Å²) in [6.07, 6.45) is 0. The van der Waals surface area contributed by atoms with Gasteiger partial charge in [-0.05, 0) is 32.2 Å². The van der Waals surface area contributed by atoms with E-state index >= 15 is 0 Å². The molecule has 0 saturated carbocycles. The minimum Gasteiger partial charge on any atom is -0.465 e. The molecule has 0 bridgehead atoms. The third kappa shape index (κ3) is 2.21. The number of nitrogens with zero attached hydrogens (tertiary/aromatic N) is 1. The summed E-state index contributed by atoms with van der Waals surface area (Å²) in [5, 5.41) is 5.15. The van der Waals surface area contributed by atoms with Gasteiger partial charge in [-0.15, -0.1) is 11.3 Å². The average Bonchev–Trinajstić information content (AvgIpc) is 3.18. The van der Waals surface area contributed by atoms with E-state index in [9.17, 15) is 14.4 Å². The van der Waals surface area contributed by atoms with E-state index in [1.165, 1.54) is 16.2 Å². The first-order valence-corrected chi connectivity index (χ1v) is 8.67. The highest BCUT2D eigenvalue weighted by molar-refractivity contribution is 7.10. The molecule has 2 aliphatic rings. The molecule has 7 heteroatoms. The molecular weight excluding hydrogens is 316 g/mol. The number of ether oxygens (including phenoxy) is 1. The maximum atomic E-state index is 12.7. The number of thiophene rings is 1. The molecule has 6 nitrogen and oxygen atoms in total. The topological polar surface area (TPSA) is 75.7 Å². The highest BCUT2D eigenvalue weighted by Gasteiger charge is 2.66. The van der Waals surface area contributed by atoms with Crippen LogP contribution in [0.3, 0.4) is 0 Å². The summed E-state index contributed by atoms with van der Waals surface area (Å²) in [6, 6.07) is 3.47. The largest absolute Gasteiger partial charge is 0.465 e. The predicted molar refractivity (Wildman–Crippen MR) is 84.6 cm³/mol. The van der Waals surface area contributed by atoms with Crippen LogP contribution in [0.25, 0.3) is 0 Å². The molecule has 124 valence electrons. The van der Waals surface area contributed by atoms with Crippen molar-refractivity contribution >= 4 is 29.1 Å². The Bertz CT molecular complexity index is 645. The second-order valence-electron chi connectivity index (χ2n) is 5.98. The van der Waals surface area contributed by atoms with Crippen LogP contribution in [0, 0.1) is 11.8 Å². The molecule has 2 amide bonds. The first-order chi connectivity index (χ1) is 11.0. The zero-order valence-corrected chi connectivity index (χ0v) is 14.2. The fourth-order valence-electron chi connectivity index (χ4n) is 3.69. The van der Waals surface area contributed by atoms with Gasteiger partial charge in [0.2, 0.25) is 11.8 Å². The molecule has 0 radical (unpaired) electrons. The maximum Gasteiger partial charge on any atom is 0.326 e. The van der Waals surface area contributed by atoms with Crippen molar-refractivity contribution in [2.45, 2.75) is 32.4 Å². The monoisotopic (exact) mass is 336 g/mol. The molecule has 4 atom stereocenters. The van der Waals surface area contributed by atoms with E-state index in [-0.39, 0.29) is 24.5 Å². The number of amides is 2. The van der Waals surface area contributed by atoms with Crippen molar-refractivity contribution in [2.75, 3.05) is 13.2 Å². The molecule has 23 heavy (non-hydrogen) atoms. The Balaban J connectivity index is 2.06. The van der Waals surface area contributed by atoms with Crippen molar-refractivity contribution in [1.29, 1.82) is 0 Å². The van der Waals surface area contributed by atoms with Gasteiger partial charge in [-0.25, -0.2) is 0 Å².